The van der Waals surface area contributed by atoms with Crippen LogP contribution in [0.1, 0.15) is 26.3 Å². The van der Waals surface area contributed by atoms with E-state index in [0.29, 0.717) is 17.1 Å². The van der Waals surface area contributed by atoms with Crippen molar-refractivity contribution in [3.05, 3.63) is 23.8 Å². The molecule has 0 aliphatic carbocycles. The van der Waals surface area contributed by atoms with E-state index < -0.39 is 35.0 Å². The van der Waals surface area contributed by atoms with E-state index in [-0.39, 0.29) is 13.1 Å². The Morgan fingerprint density at radius 3 is 1.90 bits per heavy atom. The molecule has 0 spiro atoms. The van der Waals surface area contributed by atoms with Gasteiger partial charge in [-0.3, -0.25) is 19.4 Å². The van der Waals surface area contributed by atoms with Crippen LogP contribution in [0.4, 0.5) is 9.59 Å². The third kappa shape index (κ3) is 3.24. The minimum absolute atomic E-state index is 0.0880. The number of carbonyl (C=O) groups is 4. The van der Waals surface area contributed by atoms with Gasteiger partial charge >= 0.3 is 12.1 Å². The van der Waals surface area contributed by atoms with Gasteiger partial charge in [-0.15, -0.1) is 0 Å². The number of amides is 6. The quantitative estimate of drug-likeness (QED) is 0.678. The lowest BCUT2D eigenvalue weighted by molar-refractivity contribution is -0.133. The van der Waals surface area contributed by atoms with Gasteiger partial charge in [-0.05, 0) is 38.5 Å². The predicted octanol–water partition coefficient (Wildman–Crippen LogP) is 0.801. The van der Waals surface area contributed by atoms with Gasteiger partial charge in [-0.2, -0.15) is 0 Å². The van der Waals surface area contributed by atoms with Crippen molar-refractivity contribution < 1.29 is 28.7 Å². The summed E-state index contributed by atoms with van der Waals surface area (Å²) in [7, 11) is 2.98. The van der Waals surface area contributed by atoms with Crippen LogP contribution < -0.4 is 20.1 Å². The van der Waals surface area contributed by atoms with E-state index >= 15 is 0 Å². The summed E-state index contributed by atoms with van der Waals surface area (Å²) in [4.78, 5) is 51.9. The molecule has 0 aromatic heterocycles. The summed E-state index contributed by atoms with van der Waals surface area (Å²) in [6.45, 7) is 4.58. The van der Waals surface area contributed by atoms with Crippen molar-refractivity contribution in [1.29, 1.82) is 0 Å². The standard InChI is InChI=1S/C19H24N4O6/c1-18(2)14(24)22(16(26)20-18)8-9-23-15(25)19(3,21-17(23)27)11-6-7-12(28-4)13(10-11)29-5/h6-7,10H,8-9H2,1-5H3,(H,20,26)(H,21,27). The Labute approximate surface area is 168 Å². The lowest BCUT2D eigenvalue weighted by Crippen LogP contribution is -2.44. The third-order valence-corrected chi connectivity index (χ3v) is 5.23. The van der Waals surface area contributed by atoms with Crippen molar-refractivity contribution >= 4 is 23.9 Å². The predicted molar refractivity (Wildman–Crippen MR) is 101 cm³/mol. The molecule has 0 saturated carbocycles. The lowest BCUT2D eigenvalue weighted by atomic mass is 9.91. The van der Waals surface area contributed by atoms with Crippen LogP contribution in [0.15, 0.2) is 18.2 Å². The van der Waals surface area contributed by atoms with Gasteiger partial charge < -0.3 is 20.1 Å². The van der Waals surface area contributed by atoms with E-state index in [9.17, 15) is 19.2 Å². The highest BCUT2D eigenvalue weighted by molar-refractivity contribution is 6.08. The molecule has 2 heterocycles. The Hall–Kier alpha value is -3.30. The monoisotopic (exact) mass is 404 g/mol. The number of rotatable bonds is 6. The second-order valence-corrected chi connectivity index (χ2v) is 7.59. The van der Waals surface area contributed by atoms with E-state index in [0.717, 1.165) is 9.80 Å². The summed E-state index contributed by atoms with van der Waals surface area (Å²) >= 11 is 0. The summed E-state index contributed by atoms with van der Waals surface area (Å²) in [5, 5.41) is 5.25. The smallest absolute Gasteiger partial charge is 0.325 e. The maximum Gasteiger partial charge on any atom is 0.325 e. The summed E-state index contributed by atoms with van der Waals surface area (Å²) in [5.74, 6) is 0.0289. The van der Waals surface area contributed by atoms with Crippen molar-refractivity contribution in [3.8, 4) is 11.5 Å². The van der Waals surface area contributed by atoms with Gasteiger partial charge in [0.2, 0.25) is 0 Å². The number of imide groups is 2. The number of carbonyl (C=O) groups excluding carboxylic acids is 4. The first kappa shape index (κ1) is 20.4. The molecule has 29 heavy (non-hydrogen) atoms. The summed E-state index contributed by atoms with van der Waals surface area (Å²) in [5.41, 5.74) is -1.80. The van der Waals surface area contributed by atoms with Crippen molar-refractivity contribution in [2.24, 2.45) is 0 Å². The first-order chi connectivity index (χ1) is 13.5. The van der Waals surface area contributed by atoms with Crippen LogP contribution >= 0.6 is 0 Å². The largest absolute Gasteiger partial charge is 0.493 e. The van der Waals surface area contributed by atoms with Gasteiger partial charge in [0.25, 0.3) is 11.8 Å². The highest BCUT2D eigenvalue weighted by Crippen LogP contribution is 2.35. The molecule has 10 heteroatoms. The second-order valence-electron chi connectivity index (χ2n) is 7.59. The van der Waals surface area contributed by atoms with Crippen LogP contribution in [0.3, 0.4) is 0 Å². The first-order valence-corrected chi connectivity index (χ1v) is 9.06. The lowest BCUT2D eigenvalue weighted by Gasteiger charge is -2.24. The number of nitrogens with one attached hydrogen (secondary N) is 2. The normalized spacial score (nSPS) is 23.3. The Morgan fingerprint density at radius 2 is 1.38 bits per heavy atom. The molecule has 1 aromatic carbocycles. The molecule has 10 nitrogen and oxygen atoms in total. The van der Waals surface area contributed by atoms with Gasteiger partial charge in [0.15, 0.2) is 11.5 Å². The van der Waals surface area contributed by atoms with E-state index in [1.807, 2.05) is 0 Å². The second kappa shape index (κ2) is 6.94. The molecule has 2 aliphatic heterocycles. The van der Waals surface area contributed by atoms with E-state index in [2.05, 4.69) is 10.6 Å². The molecule has 0 bridgehead atoms. The fourth-order valence-electron chi connectivity index (χ4n) is 3.46. The van der Waals surface area contributed by atoms with Crippen LogP contribution in [-0.4, -0.2) is 66.5 Å². The highest BCUT2D eigenvalue weighted by Gasteiger charge is 2.50. The van der Waals surface area contributed by atoms with Crippen LogP contribution in [0.25, 0.3) is 0 Å². The minimum atomic E-state index is -1.31. The number of benzene rings is 1. The average Bonchev–Trinajstić information content (AvgIpc) is 3.01. The summed E-state index contributed by atoms with van der Waals surface area (Å²) < 4.78 is 10.5. The molecule has 1 unspecified atom stereocenters. The molecule has 2 aliphatic rings. The molecule has 0 radical (unpaired) electrons. The molecule has 156 valence electrons. The first-order valence-electron chi connectivity index (χ1n) is 9.06. The highest BCUT2D eigenvalue weighted by atomic mass is 16.5. The third-order valence-electron chi connectivity index (χ3n) is 5.23. The van der Waals surface area contributed by atoms with Gasteiger partial charge in [0.1, 0.15) is 11.1 Å². The molecule has 3 rings (SSSR count). The molecule has 2 fully saturated rings. The number of hydrogen-bond acceptors (Lipinski definition) is 6. The van der Waals surface area contributed by atoms with Gasteiger partial charge in [0, 0.05) is 13.1 Å². The van der Waals surface area contributed by atoms with E-state index in [1.165, 1.54) is 14.2 Å². The Balaban J connectivity index is 1.79. The Morgan fingerprint density at radius 1 is 0.828 bits per heavy atom. The zero-order valence-corrected chi connectivity index (χ0v) is 17.0. The zero-order chi connectivity index (χ0) is 21.6. The average molecular weight is 404 g/mol. The molecular weight excluding hydrogens is 380 g/mol. The number of nitrogens with zero attached hydrogens (tertiary/aromatic N) is 2. The molecule has 2 N–H and O–H groups in total. The Bertz CT molecular complexity index is 899. The van der Waals surface area contributed by atoms with Crippen molar-refractivity contribution in [2.75, 3.05) is 27.3 Å². The molecular formula is C19H24N4O6. The van der Waals surface area contributed by atoms with Crippen LogP contribution in [0.5, 0.6) is 11.5 Å². The zero-order valence-electron chi connectivity index (χ0n) is 17.0. The summed E-state index contributed by atoms with van der Waals surface area (Å²) in [6.07, 6.45) is 0. The summed E-state index contributed by atoms with van der Waals surface area (Å²) in [6, 6.07) is 3.80. The maximum absolute atomic E-state index is 13.1. The van der Waals surface area contributed by atoms with Gasteiger partial charge in [0.05, 0.1) is 14.2 Å². The SMILES string of the molecule is COc1ccc(C2(C)NC(=O)N(CCN3C(=O)NC(C)(C)C3=O)C2=O)cc1OC. The molecule has 6 amide bonds. The van der Waals surface area contributed by atoms with Gasteiger partial charge in [-0.1, -0.05) is 6.07 Å². The molecule has 1 aromatic rings. The fourth-order valence-corrected chi connectivity index (χ4v) is 3.46. The van der Waals surface area contributed by atoms with Crippen LogP contribution in [0.2, 0.25) is 0 Å². The minimum Gasteiger partial charge on any atom is -0.493 e. The number of ether oxygens (including phenoxy) is 2. The van der Waals surface area contributed by atoms with Crippen LogP contribution in [0, 0.1) is 0 Å². The maximum atomic E-state index is 13.1. The number of methoxy groups -OCH3 is 2. The molecule has 1 atom stereocenters. The van der Waals surface area contributed by atoms with Crippen LogP contribution in [-0.2, 0) is 15.1 Å². The van der Waals surface area contributed by atoms with Gasteiger partial charge in [-0.25, -0.2) is 9.59 Å². The Kier molecular flexibility index (Phi) is 4.89. The topological polar surface area (TPSA) is 117 Å². The fraction of sp³-hybridized carbons (Fsp3) is 0.474. The van der Waals surface area contributed by atoms with Crippen molar-refractivity contribution in [1.82, 2.24) is 20.4 Å². The number of hydrogen-bond donors (Lipinski definition) is 2. The molecule has 2 saturated heterocycles. The van der Waals surface area contributed by atoms with E-state index in [4.69, 9.17) is 9.47 Å². The van der Waals surface area contributed by atoms with E-state index in [1.54, 1.807) is 39.0 Å². The van der Waals surface area contributed by atoms with Crippen molar-refractivity contribution in [2.45, 2.75) is 31.8 Å². The number of urea groups is 2. The van der Waals surface area contributed by atoms with Crippen molar-refractivity contribution in [3.63, 3.8) is 0 Å².